The molecule has 3 heterocycles. The Morgan fingerprint density at radius 2 is 1.92 bits per heavy atom. The normalized spacial score (nSPS) is 17.8. The van der Waals surface area contributed by atoms with Crippen LogP contribution in [0, 0.1) is 13.8 Å². The molecule has 0 radical (unpaired) electrons. The fourth-order valence-corrected chi connectivity index (χ4v) is 3.27. The van der Waals surface area contributed by atoms with E-state index in [1.54, 1.807) is 26.2 Å². The van der Waals surface area contributed by atoms with Gasteiger partial charge in [-0.3, -0.25) is 19.6 Å². The van der Waals surface area contributed by atoms with Gasteiger partial charge in [-0.25, -0.2) is 0 Å². The maximum Gasteiger partial charge on any atom is 0.325 e. The van der Waals surface area contributed by atoms with Gasteiger partial charge >= 0.3 is 5.97 Å². The lowest BCUT2D eigenvalue weighted by atomic mass is 10.0. The van der Waals surface area contributed by atoms with Gasteiger partial charge in [-0.15, -0.1) is 0 Å². The largest absolute Gasteiger partial charge is 0.480 e. The van der Waals surface area contributed by atoms with E-state index in [1.807, 2.05) is 17.0 Å². The molecule has 2 aromatic rings. The third-order valence-electron chi connectivity index (χ3n) is 4.52. The molecule has 0 aliphatic carbocycles. The molecule has 128 valence electrons. The lowest BCUT2D eigenvalue weighted by molar-refractivity contribution is -0.144. The van der Waals surface area contributed by atoms with E-state index in [4.69, 9.17) is 4.52 Å². The maximum atomic E-state index is 11.8. The van der Waals surface area contributed by atoms with Gasteiger partial charge < -0.3 is 9.63 Å². The lowest BCUT2D eigenvalue weighted by Crippen LogP contribution is -2.49. The summed E-state index contributed by atoms with van der Waals surface area (Å²) in [5.41, 5.74) is 2.56. The number of piperazine rings is 1. The Morgan fingerprint density at radius 1 is 1.25 bits per heavy atom. The first-order valence-electron chi connectivity index (χ1n) is 8.07. The number of aryl methyl sites for hydroxylation is 2. The Labute approximate surface area is 140 Å². The van der Waals surface area contributed by atoms with Crippen molar-refractivity contribution in [2.24, 2.45) is 0 Å². The molecule has 1 unspecified atom stereocenters. The number of rotatable bonds is 5. The zero-order valence-electron chi connectivity index (χ0n) is 14.0. The molecule has 1 atom stereocenters. The highest BCUT2D eigenvalue weighted by molar-refractivity contribution is 5.76. The van der Waals surface area contributed by atoms with Gasteiger partial charge in [-0.05, 0) is 31.5 Å². The SMILES string of the molecule is Cc1noc(C)c1C(C(=O)O)N1CCN(Cc2ccncc2)CC1. The van der Waals surface area contributed by atoms with E-state index in [0.717, 1.165) is 19.6 Å². The van der Waals surface area contributed by atoms with Gasteiger partial charge in [0.05, 0.1) is 5.69 Å². The molecule has 0 aromatic carbocycles. The monoisotopic (exact) mass is 330 g/mol. The summed E-state index contributed by atoms with van der Waals surface area (Å²) >= 11 is 0. The summed E-state index contributed by atoms with van der Waals surface area (Å²) < 4.78 is 5.16. The van der Waals surface area contributed by atoms with E-state index in [2.05, 4.69) is 15.0 Å². The molecule has 24 heavy (non-hydrogen) atoms. The van der Waals surface area contributed by atoms with Crippen molar-refractivity contribution >= 4 is 5.97 Å². The average molecular weight is 330 g/mol. The third kappa shape index (κ3) is 3.47. The number of carbonyl (C=O) groups is 1. The molecule has 1 N–H and O–H groups in total. The van der Waals surface area contributed by atoms with Gasteiger partial charge in [0.2, 0.25) is 0 Å². The highest BCUT2D eigenvalue weighted by Crippen LogP contribution is 2.28. The predicted octanol–water partition coefficient (Wildman–Crippen LogP) is 1.63. The molecule has 0 amide bonds. The van der Waals surface area contributed by atoms with Crippen molar-refractivity contribution in [1.82, 2.24) is 19.9 Å². The number of nitrogens with zero attached hydrogens (tertiary/aromatic N) is 4. The summed E-state index contributed by atoms with van der Waals surface area (Å²) in [4.78, 5) is 20.2. The molecular weight excluding hydrogens is 308 g/mol. The van der Waals surface area contributed by atoms with Gasteiger partial charge in [-0.1, -0.05) is 5.16 Å². The molecule has 1 aliphatic heterocycles. The molecule has 0 saturated carbocycles. The first-order chi connectivity index (χ1) is 11.6. The number of pyridine rings is 1. The Morgan fingerprint density at radius 3 is 2.46 bits per heavy atom. The van der Waals surface area contributed by atoms with Crippen LogP contribution in [0.4, 0.5) is 0 Å². The standard InChI is InChI=1S/C17H22N4O3/c1-12-15(13(2)24-19-12)16(17(22)23)21-9-7-20(8-10-21)11-14-3-5-18-6-4-14/h3-6,16H,7-11H2,1-2H3,(H,22,23). The van der Waals surface area contributed by atoms with E-state index >= 15 is 0 Å². The fraction of sp³-hybridized carbons (Fsp3) is 0.471. The summed E-state index contributed by atoms with van der Waals surface area (Å²) in [5.74, 6) is -0.272. The Kier molecular flexibility index (Phi) is 4.92. The molecular formula is C17H22N4O3. The molecule has 1 aliphatic rings. The van der Waals surface area contributed by atoms with Crippen LogP contribution in [-0.4, -0.2) is 57.2 Å². The maximum absolute atomic E-state index is 11.8. The summed E-state index contributed by atoms with van der Waals surface area (Å²) in [5, 5.41) is 13.6. The predicted molar refractivity (Wildman–Crippen MR) is 87.4 cm³/mol. The highest BCUT2D eigenvalue weighted by atomic mass is 16.5. The summed E-state index contributed by atoms with van der Waals surface area (Å²) in [7, 11) is 0. The zero-order chi connectivity index (χ0) is 17.1. The van der Waals surface area contributed by atoms with Crippen molar-refractivity contribution < 1.29 is 14.4 Å². The zero-order valence-corrected chi connectivity index (χ0v) is 14.0. The van der Waals surface area contributed by atoms with Crippen molar-refractivity contribution in [2.45, 2.75) is 26.4 Å². The minimum absolute atomic E-state index is 0.583. The van der Waals surface area contributed by atoms with Gasteiger partial charge in [0.1, 0.15) is 11.8 Å². The number of hydrogen-bond donors (Lipinski definition) is 1. The quantitative estimate of drug-likeness (QED) is 0.892. The minimum atomic E-state index is -0.855. The van der Waals surface area contributed by atoms with Crippen LogP contribution in [0.2, 0.25) is 0 Å². The molecule has 3 rings (SSSR count). The first-order valence-corrected chi connectivity index (χ1v) is 8.07. The molecule has 0 bridgehead atoms. The second-order valence-electron chi connectivity index (χ2n) is 6.15. The van der Waals surface area contributed by atoms with E-state index in [0.29, 0.717) is 30.1 Å². The molecule has 1 fully saturated rings. The number of aliphatic carboxylic acids is 1. The highest BCUT2D eigenvalue weighted by Gasteiger charge is 2.34. The summed E-state index contributed by atoms with van der Waals surface area (Å²) in [6.45, 7) is 7.48. The van der Waals surface area contributed by atoms with E-state index < -0.39 is 12.0 Å². The van der Waals surface area contributed by atoms with Crippen molar-refractivity contribution in [3.05, 3.63) is 47.1 Å². The number of hydrogen-bond acceptors (Lipinski definition) is 6. The lowest BCUT2D eigenvalue weighted by Gasteiger charge is -2.37. The van der Waals surface area contributed by atoms with Crippen LogP contribution in [-0.2, 0) is 11.3 Å². The first kappa shape index (κ1) is 16.6. The fourth-order valence-electron chi connectivity index (χ4n) is 3.27. The molecule has 1 saturated heterocycles. The van der Waals surface area contributed by atoms with E-state index in [9.17, 15) is 9.90 Å². The van der Waals surface area contributed by atoms with Crippen LogP contribution in [0.25, 0.3) is 0 Å². The topological polar surface area (TPSA) is 82.7 Å². The number of aromatic nitrogens is 2. The number of carboxylic acid groups (broad SMARTS) is 1. The van der Waals surface area contributed by atoms with E-state index in [-0.39, 0.29) is 0 Å². The minimum Gasteiger partial charge on any atom is -0.480 e. The van der Waals surface area contributed by atoms with Gasteiger partial charge in [-0.2, -0.15) is 0 Å². The number of carboxylic acids is 1. The van der Waals surface area contributed by atoms with Crippen LogP contribution >= 0.6 is 0 Å². The van der Waals surface area contributed by atoms with Crippen LogP contribution in [0.15, 0.2) is 29.0 Å². The second-order valence-corrected chi connectivity index (χ2v) is 6.15. The average Bonchev–Trinajstić information content (AvgIpc) is 2.90. The van der Waals surface area contributed by atoms with Crippen LogP contribution < -0.4 is 0 Å². The molecule has 0 spiro atoms. The van der Waals surface area contributed by atoms with Crippen molar-refractivity contribution in [2.75, 3.05) is 26.2 Å². The van der Waals surface area contributed by atoms with Crippen LogP contribution in [0.1, 0.15) is 28.6 Å². The molecule has 2 aromatic heterocycles. The van der Waals surface area contributed by atoms with Crippen LogP contribution in [0.5, 0.6) is 0 Å². The second kappa shape index (κ2) is 7.11. The smallest absolute Gasteiger partial charge is 0.325 e. The Hall–Kier alpha value is -2.25. The van der Waals surface area contributed by atoms with Crippen molar-refractivity contribution in [1.29, 1.82) is 0 Å². The van der Waals surface area contributed by atoms with Gasteiger partial charge in [0.15, 0.2) is 0 Å². The summed E-state index contributed by atoms with van der Waals surface area (Å²) in [6, 6.07) is 3.33. The van der Waals surface area contributed by atoms with Crippen LogP contribution in [0.3, 0.4) is 0 Å². The molecule has 7 heteroatoms. The van der Waals surface area contributed by atoms with Gasteiger partial charge in [0, 0.05) is 50.7 Å². The van der Waals surface area contributed by atoms with Crippen molar-refractivity contribution in [3.63, 3.8) is 0 Å². The molecule has 7 nitrogen and oxygen atoms in total. The third-order valence-corrected chi connectivity index (χ3v) is 4.52. The Balaban J connectivity index is 1.67. The summed E-state index contributed by atoms with van der Waals surface area (Å²) in [6.07, 6.45) is 3.59. The Bertz CT molecular complexity index is 674. The van der Waals surface area contributed by atoms with E-state index in [1.165, 1.54) is 5.56 Å². The van der Waals surface area contributed by atoms with Crippen molar-refractivity contribution in [3.8, 4) is 0 Å². The van der Waals surface area contributed by atoms with Gasteiger partial charge in [0.25, 0.3) is 0 Å².